The highest BCUT2D eigenvalue weighted by Crippen LogP contribution is 2.51. The number of nitrogens with one attached hydrogen (secondary N) is 2. The number of fused-ring (bicyclic) bond motifs is 5. The van der Waals surface area contributed by atoms with Gasteiger partial charge in [0.1, 0.15) is 17.8 Å². The van der Waals surface area contributed by atoms with E-state index in [-0.39, 0.29) is 11.3 Å². The van der Waals surface area contributed by atoms with E-state index in [1.807, 2.05) is 18.5 Å². The van der Waals surface area contributed by atoms with Crippen LogP contribution in [0.1, 0.15) is 12.8 Å². The van der Waals surface area contributed by atoms with Gasteiger partial charge in [-0.3, -0.25) is 0 Å². The third kappa shape index (κ3) is 2.38. The Morgan fingerprint density at radius 1 is 0.900 bits per heavy atom. The van der Waals surface area contributed by atoms with Gasteiger partial charge >= 0.3 is 0 Å². The van der Waals surface area contributed by atoms with E-state index in [0.29, 0.717) is 24.1 Å². The number of hydrogen-bond donors (Lipinski definition) is 2. The second-order valence-corrected chi connectivity index (χ2v) is 6.83. The molecular formula is C18H12N12. The second-order valence-electron chi connectivity index (χ2n) is 6.83. The van der Waals surface area contributed by atoms with E-state index >= 15 is 0 Å². The third-order valence-corrected chi connectivity index (χ3v) is 5.58. The minimum absolute atomic E-state index is 0.0950. The smallest absolute Gasteiger partial charge is 0.214 e. The molecule has 0 amide bonds. The highest BCUT2D eigenvalue weighted by Gasteiger charge is 2.56. The third-order valence-electron chi connectivity index (χ3n) is 5.58. The van der Waals surface area contributed by atoms with Gasteiger partial charge in [0, 0.05) is 5.92 Å². The lowest BCUT2D eigenvalue weighted by molar-refractivity contribution is -0.282. The normalized spacial score (nSPS) is 29.9. The standard InChI is InChI=1S/C18H12N12/c19-5-11-1-2-12(6-20)16-15(11)17-13(7-21)3-4-14(8-22)29(17)30-18(16)27(9-23)25-26-28(30)10-24/h3-4,11-12,16,18,25-26H,1-2H2. The van der Waals surface area contributed by atoms with Crippen LogP contribution in [0.4, 0.5) is 0 Å². The number of hydrogen-bond acceptors (Lipinski definition) is 12. The van der Waals surface area contributed by atoms with Gasteiger partial charge in [0.2, 0.25) is 6.19 Å². The fourth-order valence-electron chi connectivity index (χ4n) is 4.42. The molecular weight excluding hydrogens is 384 g/mol. The van der Waals surface area contributed by atoms with Crippen molar-refractivity contribution in [1.82, 2.24) is 31.3 Å². The van der Waals surface area contributed by atoms with Crippen molar-refractivity contribution < 1.29 is 0 Å². The molecule has 2 N–H and O–H groups in total. The molecule has 4 aliphatic rings. The Kier molecular flexibility index (Phi) is 4.46. The van der Waals surface area contributed by atoms with Gasteiger partial charge in [-0.15, -0.1) is 16.2 Å². The molecule has 0 aromatic carbocycles. The molecule has 4 unspecified atom stereocenters. The van der Waals surface area contributed by atoms with Gasteiger partial charge in [-0.2, -0.15) is 31.6 Å². The Balaban J connectivity index is 2.08. The minimum Gasteiger partial charge on any atom is -0.241 e. The largest absolute Gasteiger partial charge is 0.241 e. The van der Waals surface area contributed by atoms with Gasteiger partial charge in [-0.25, -0.2) is 10.0 Å². The van der Waals surface area contributed by atoms with Crippen molar-refractivity contribution in [2.24, 2.45) is 17.8 Å². The van der Waals surface area contributed by atoms with Gasteiger partial charge in [-0.05, 0) is 30.6 Å². The Hall–Kier alpha value is -4.56. The van der Waals surface area contributed by atoms with Crippen molar-refractivity contribution >= 4 is 0 Å². The average Bonchev–Trinajstić information content (AvgIpc) is 2.81. The number of nitriles is 6. The first-order chi connectivity index (χ1) is 14.6. The van der Waals surface area contributed by atoms with Crippen molar-refractivity contribution in [2.75, 3.05) is 0 Å². The molecule has 0 aromatic rings. The van der Waals surface area contributed by atoms with Gasteiger partial charge in [-0.1, -0.05) is 5.12 Å². The van der Waals surface area contributed by atoms with Crippen molar-refractivity contribution in [3.63, 3.8) is 0 Å². The first-order valence-electron chi connectivity index (χ1n) is 8.90. The summed E-state index contributed by atoms with van der Waals surface area (Å²) in [5.74, 6) is -1.85. The van der Waals surface area contributed by atoms with Gasteiger partial charge in [0.25, 0.3) is 0 Å². The van der Waals surface area contributed by atoms with Gasteiger partial charge in [0.15, 0.2) is 12.4 Å². The van der Waals surface area contributed by atoms with Crippen LogP contribution in [-0.2, 0) is 0 Å². The van der Waals surface area contributed by atoms with Crippen LogP contribution >= 0.6 is 0 Å². The summed E-state index contributed by atoms with van der Waals surface area (Å²) in [4.78, 5) is 0. The SMILES string of the molecule is N#CC1=CC=C(C#N)N2C1=C1C(C#N)CCC(C#N)C1C1N(C#N)NNN(C#N)N12. The Bertz CT molecular complexity index is 1140. The van der Waals surface area contributed by atoms with Crippen LogP contribution in [0.25, 0.3) is 0 Å². The molecule has 12 nitrogen and oxygen atoms in total. The van der Waals surface area contributed by atoms with Crippen LogP contribution in [-0.4, -0.2) is 26.4 Å². The maximum atomic E-state index is 9.83. The molecule has 3 aliphatic heterocycles. The molecule has 0 radical (unpaired) electrons. The lowest BCUT2D eigenvalue weighted by Crippen LogP contribution is -2.78. The Labute approximate surface area is 171 Å². The summed E-state index contributed by atoms with van der Waals surface area (Å²) in [6.45, 7) is 0. The quantitative estimate of drug-likeness (QED) is 0.527. The molecule has 1 saturated carbocycles. The monoisotopic (exact) mass is 396 g/mol. The Morgan fingerprint density at radius 3 is 2.30 bits per heavy atom. The van der Waals surface area contributed by atoms with E-state index in [2.05, 4.69) is 29.3 Å². The van der Waals surface area contributed by atoms with Crippen LogP contribution in [0, 0.1) is 86.0 Å². The van der Waals surface area contributed by atoms with E-state index in [1.165, 1.54) is 22.3 Å². The summed E-state index contributed by atoms with van der Waals surface area (Å²) in [5.41, 5.74) is 6.24. The molecule has 0 aromatic heterocycles. The molecule has 4 rings (SSSR count). The van der Waals surface area contributed by atoms with E-state index < -0.39 is 23.9 Å². The molecule has 30 heavy (non-hydrogen) atoms. The summed E-state index contributed by atoms with van der Waals surface area (Å²) >= 11 is 0. The number of rotatable bonds is 0. The summed E-state index contributed by atoms with van der Waals surface area (Å²) < 4.78 is 0. The average molecular weight is 396 g/mol. The lowest BCUT2D eigenvalue weighted by atomic mass is 9.67. The molecule has 0 bridgehead atoms. The molecule has 2 fully saturated rings. The zero-order valence-electron chi connectivity index (χ0n) is 15.4. The number of nitrogens with zero attached hydrogens (tertiary/aromatic N) is 10. The molecule has 144 valence electrons. The lowest BCUT2D eigenvalue weighted by Gasteiger charge is -2.58. The Morgan fingerprint density at radius 2 is 1.70 bits per heavy atom. The van der Waals surface area contributed by atoms with E-state index in [1.54, 1.807) is 0 Å². The zero-order chi connectivity index (χ0) is 21.4. The number of allylic oxidation sites excluding steroid dienone is 4. The van der Waals surface area contributed by atoms with Crippen LogP contribution < -0.4 is 11.1 Å². The zero-order valence-corrected chi connectivity index (χ0v) is 15.4. The van der Waals surface area contributed by atoms with Gasteiger partial charge < -0.3 is 0 Å². The fraction of sp³-hybridized carbons (Fsp3) is 0.333. The molecule has 3 heterocycles. The molecule has 0 spiro atoms. The summed E-state index contributed by atoms with van der Waals surface area (Å²) in [6, 6.07) is 8.62. The summed E-state index contributed by atoms with van der Waals surface area (Å²) in [6.07, 6.45) is 6.70. The highest BCUT2D eigenvalue weighted by molar-refractivity contribution is 5.55. The second kappa shape index (κ2) is 7.12. The van der Waals surface area contributed by atoms with Crippen molar-refractivity contribution in [3.8, 4) is 36.7 Å². The summed E-state index contributed by atoms with van der Waals surface area (Å²) in [7, 11) is 0. The first-order valence-corrected chi connectivity index (χ1v) is 8.90. The maximum Gasteiger partial charge on any atom is 0.214 e. The fourth-order valence-corrected chi connectivity index (χ4v) is 4.42. The van der Waals surface area contributed by atoms with Crippen LogP contribution in [0.2, 0.25) is 0 Å². The van der Waals surface area contributed by atoms with Crippen LogP contribution in [0.3, 0.4) is 0 Å². The first kappa shape index (κ1) is 18.8. The summed E-state index contributed by atoms with van der Waals surface area (Å²) in [5, 5.41) is 63.3. The van der Waals surface area contributed by atoms with Crippen LogP contribution in [0.5, 0.6) is 0 Å². The highest BCUT2D eigenvalue weighted by atomic mass is 16.1. The topological polar surface area (TPSA) is 180 Å². The maximum absolute atomic E-state index is 9.83. The van der Waals surface area contributed by atoms with E-state index in [4.69, 9.17) is 0 Å². The van der Waals surface area contributed by atoms with E-state index in [0.717, 1.165) is 10.1 Å². The predicted molar refractivity (Wildman–Crippen MR) is 94.0 cm³/mol. The molecule has 4 atom stereocenters. The van der Waals surface area contributed by atoms with Crippen molar-refractivity contribution in [1.29, 1.82) is 31.6 Å². The molecule has 1 aliphatic carbocycles. The van der Waals surface area contributed by atoms with Crippen molar-refractivity contribution in [2.45, 2.75) is 19.0 Å². The molecule has 12 heteroatoms. The number of hydrazine groups is 5. The molecule has 1 saturated heterocycles. The van der Waals surface area contributed by atoms with Crippen LogP contribution in [0.15, 0.2) is 34.7 Å². The minimum atomic E-state index is -0.926. The predicted octanol–water partition coefficient (Wildman–Crippen LogP) is 0.0788. The van der Waals surface area contributed by atoms with Crippen molar-refractivity contribution in [3.05, 3.63) is 34.7 Å². The van der Waals surface area contributed by atoms with Gasteiger partial charge in [0.05, 0.1) is 35.2 Å². The van der Waals surface area contributed by atoms with E-state index in [9.17, 15) is 31.6 Å².